The summed E-state index contributed by atoms with van der Waals surface area (Å²) in [6.07, 6.45) is 0. The molecule has 2 heterocycles. The first-order valence-electron chi connectivity index (χ1n) is 5.29. The molecule has 0 fully saturated rings. The first-order chi connectivity index (χ1) is 7.58. The van der Waals surface area contributed by atoms with Gasteiger partial charge in [-0.25, -0.2) is 0 Å². The van der Waals surface area contributed by atoms with Crippen molar-refractivity contribution in [1.29, 1.82) is 0 Å². The molecule has 2 unspecified atom stereocenters. The van der Waals surface area contributed by atoms with Gasteiger partial charge in [0, 0.05) is 22.0 Å². The van der Waals surface area contributed by atoms with E-state index in [1.165, 1.54) is 11.4 Å². The van der Waals surface area contributed by atoms with Crippen LogP contribution in [-0.4, -0.2) is 47.7 Å². The van der Waals surface area contributed by atoms with Crippen molar-refractivity contribution in [2.75, 3.05) is 0 Å². The monoisotopic (exact) mass is 310 g/mol. The highest BCUT2D eigenvalue weighted by Gasteiger charge is 2.13. The molecule has 3 N–H and O–H groups in total. The smallest absolute Gasteiger partial charge is 0.268 e. The molecule has 6 heteroatoms. The standard InChI is InChI=1S/C10H9BrN2O.2Al.4H/c11-10-4-3-8(13-10)5-7-1-2-9(6-14)12-7;;;;;;/h1-6,12-14H;;;;;;. The lowest BCUT2D eigenvalue weighted by molar-refractivity contribution is 0.257. The van der Waals surface area contributed by atoms with Crippen LogP contribution in [0.4, 0.5) is 0 Å². The predicted molar refractivity (Wildman–Crippen MR) is 73.2 cm³/mol. The lowest BCUT2D eigenvalue weighted by Crippen LogP contribution is -2.03. The van der Waals surface area contributed by atoms with E-state index in [0.29, 0.717) is 4.78 Å². The summed E-state index contributed by atoms with van der Waals surface area (Å²) in [5, 5.41) is 9.52. The fourth-order valence-electron chi connectivity index (χ4n) is 1.73. The van der Waals surface area contributed by atoms with Crippen LogP contribution in [0.3, 0.4) is 0 Å². The minimum Gasteiger partial charge on any atom is -0.403 e. The fourth-order valence-corrected chi connectivity index (χ4v) is 3.10. The van der Waals surface area contributed by atoms with Gasteiger partial charge >= 0.3 is 0 Å². The molecule has 0 aliphatic rings. The van der Waals surface area contributed by atoms with Gasteiger partial charge in [-0.15, -0.1) is 0 Å². The maximum absolute atomic E-state index is 9.52. The second-order valence-corrected chi connectivity index (χ2v) is 7.13. The Morgan fingerprint density at radius 3 is 2.06 bits per heavy atom. The Balaban J connectivity index is 2.23. The number of nitrogens with one attached hydrogen (secondary N) is 2. The van der Waals surface area contributed by atoms with Crippen molar-refractivity contribution < 1.29 is 5.11 Å². The van der Waals surface area contributed by atoms with Gasteiger partial charge < -0.3 is 15.1 Å². The Bertz CT molecular complexity index is 481. The molecule has 3 nitrogen and oxygen atoms in total. The summed E-state index contributed by atoms with van der Waals surface area (Å²) in [6, 6.07) is 8.17. The lowest BCUT2D eigenvalue weighted by atomic mass is 10.2. The van der Waals surface area contributed by atoms with Gasteiger partial charge in [-0.1, -0.05) is 0 Å². The van der Waals surface area contributed by atoms with Crippen LogP contribution >= 0.6 is 15.9 Å². The van der Waals surface area contributed by atoms with E-state index in [0.717, 1.165) is 42.9 Å². The molecule has 0 aliphatic heterocycles. The number of aromatic amines is 2. The molecular weight excluding hydrogens is 298 g/mol. The highest BCUT2D eigenvalue weighted by Crippen LogP contribution is 2.23. The maximum Gasteiger partial charge on any atom is 0.268 e. The van der Waals surface area contributed by atoms with Crippen LogP contribution in [0.25, 0.3) is 0 Å². The highest BCUT2D eigenvalue weighted by atomic mass is 79.9. The number of hydrogen-bond donors (Lipinski definition) is 3. The Kier molecular flexibility index (Phi) is 4.03. The van der Waals surface area contributed by atoms with Crippen LogP contribution < -0.4 is 0 Å². The van der Waals surface area contributed by atoms with Gasteiger partial charge in [0.25, 0.3) is 16.3 Å². The molecule has 0 bridgehead atoms. The van der Waals surface area contributed by atoms with Gasteiger partial charge in [0.2, 0.25) is 16.3 Å². The van der Waals surface area contributed by atoms with Crippen LogP contribution in [0.2, 0.25) is 0 Å². The van der Waals surface area contributed by atoms with E-state index in [4.69, 9.17) is 0 Å². The number of H-pyrrole nitrogens is 2. The van der Waals surface area contributed by atoms with Crippen LogP contribution in [0, 0.1) is 0 Å². The largest absolute Gasteiger partial charge is 0.403 e. The molecule has 2 rings (SSSR count). The number of rotatable bonds is 3. The maximum atomic E-state index is 9.52. The normalized spacial score (nSPS) is 14.9. The quantitative estimate of drug-likeness (QED) is 0.709. The zero-order chi connectivity index (χ0) is 11.7. The Morgan fingerprint density at radius 1 is 1.00 bits per heavy atom. The van der Waals surface area contributed by atoms with Crippen molar-refractivity contribution >= 4 is 48.5 Å². The number of halogens is 1. The van der Waals surface area contributed by atoms with E-state index in [9.17, 15) is 5.11 Å². The van der Waals surface area contributed by atoms with Gasteiger partial charge in [-0.3, -0.25) is 0 Å². The summed E-state index contributed by atoms with van der Waals surface area (Å²) in [4.78, 5) is 6.30. The minimum atomic E-state index is -0.294. The number of aliphatic hydroxyl groups excluding tert-OH is 1. The number of hydrogen-bond acceptors (Lipinski definition) is 1. The van der Waals surface area contributed by atoms with Crippen LogP contribution in [0.1, 0.15) is 26.8 Å². The van der Waals surface area contributed by atoms with E-state index in [2.05, 4.69) is 38.0 Å². The van der Waals surface area contributed by atoms with Crippen molar-refractivity contribution in [2.24, 2.45) is 0 Å². The summed E-state index contributed by atoms with van der Waals surface area (Å²) in [5.74, 6) is 0. The van der Waals surface area contributed by atoms with E-state index in [1.807, 2.05) is 12.1 Å². The molecule has 16 heavy (non-hydrogen) atoms. The van der Waals surface area contributed by atoms with Gasteiger partial charge in [-0.2, -0.15) is 0 Å². The third kappa shape index (κ3) is 2.66. The molecule has 82 valence electrons. The van der Waals surface area contributed by atoms with E-state index >= 15 is 0 Å². The fraction of sp³-hybridized carbons (Fsp3) is 0.200. The van der Waals surface area contributed by atoms with Gasteiger partial charge in [0.05, 0.1) is 4.60 Å². The lowest BCUT2D eigenvalue weighted by Gasteiger charge is -2.08. The number of aromatic nitrogens is 2. The van der Waals surface area contributed by atoms with Crippen molar-refractivity contribution in [1.82, 2.24) is 9.97 Å². The molecule has 2 aromatic rings. The third-order valence-electron chi connectivity index (χ3n) is 2.79. The Hall–Kier alpha value is 0.0649. The van der Waals surface area contributed by atoms with E-state index < -0.39 is 0 Å². The zero-order valence-electron chi connectivity index (χ0n) is 9.29. The second-order valence-electron chi connectivity index (χ2n) is 4.03. The predicted octanol–water partition coefficient (Wildman–Crippen LogP) is 0.452. The van der Waals surface area contributed by atoms with E-state index in [1.54, 1.807) is 0 Å². The number of aliphatic hydroxyl groups is 1. The zero-order valence-corrected chi connectivity index (χ0v) is 14.9. The SMILES string of the molecule is O[CH]([AlH2])c1ccc([CH]([AlH2])c2ccc(Br)[nH]2)[nH]1. The molecule has 0 aliphatic carbocycles. The van der Waals surface area contributed by atoms with Crippen LogP contribution in [0.15, 0.2) is 28.9 Å². The average molecular weight is 311 g/mol. The first-order valence-corrected chi connectivity index (χ1v) is 8.39. The molecule has 2 aromatic heterocycles. The third-order valence-corrected chi connectivity index (χ3v) is 5.12. The molecule has 0 spiro atoms. The molecule has 0 radical (unpaired) electrons. The van der Waals surface area contributed by atoms with E-state index in [-0.39, 0.29) is 4.97 Å². The van der Waals surface area contributed by atoms with Gasteiger partial charge in [-0.05, 0) is 45.0 Å². The van der Waals surface area contributed by atoms with Crippen LogP contribution in [0.5, 0.6) is 0 Å². The van der Waals surface area contributed by atoms with Crippen LogP contribution in [-0.2, 0) is 0 Å². The molecule has 0 saturated carbocycles. The van der Waals surface area contributed by atoms with Gasteiger partial charge in [0.1, 0.15) is 0 Å². The summed E-state index contributed by atoms with van der Waals surface area (Å²) in [7, 11) is 0. The second kappa shape index (κ2) is 5.15. The Morgan fingerprint density at radius 2 is 1.56 bits per heavy atom. The Labute approximate surface area is 119 Å². The summed E-state index contributed by atoms with van der Waals surface area (Å²) in [5.41, 5.74) is 3.34. The van der Waals surface area contributed by atoms with Crippen molar-refractivity contribution in [3.63, 3.8) is 0 Å². The minimum absolute atomic E-state index is 0.294. The van der Waals surface area contributed by atoms with Crippen molar-refractivity contribution in [3.8, 4) is 0 Å². The molecule has 0 amide bonds. The summed E-state index contributed by atoms with van der Waals surface area (Å²) >= 11 is 5.21. The van der Waals surface area contributed by atoms with Gasteiger partial charge in [0.15, 0.2) is 0 Å². The molecule has 0 aromatic carbocycles. The highest BCUT2D eigenvalue weighted by molar-refractivity contribution is 9.10. The molecule has 0 saturated heterocycles. The summed E-state index contributed by atoms with van der Waals surface area (Å²) in [6.45, 7) is 0. The summed E-state index contributed by atoms with van der Waals surface area (Å²) < 4.78 is 1.43. The average Bonchev–Trinajstić information content (AvgIpc) is 2.84. The molecular formula is C10H13Al2BrN2O. The molecule has 2 atom stereocenters. The first kappa shape index (κ1) is 12.5. The van der Waals surface area contributed by atoms with Crippen molar-refractivity contribution in [2.45, 2.75) is 9.75 Å². The van der Waals surface area contributed by atoms with Crippen molar-refractivity contribution in [3.05, 3.63) is 46.0 Å². The topological polar surface area (TPSA) is 51.8 Å².